The summed E-state index contributed by atoms with van der Waals surface area (Å²) < 4.78 is 12.0. The van der Waals surface area contributed by atoms with Crippen LogP contribution < -0.4 is 14.8 Å². The molecule has 3 rings (SSSR count). The van der Waals surface area contributed by atoms with Crippen LogP contribution in [0.25, 0.3) is 5.69 Å². The molecule has 10 nitrogen and oxygen atoms in total. The van der Waals surface area contributed by atoms with Gasteiger partial charge >= 0.3 is 0 Å². The largest absolute Gasteiger partial charge is 0.496 e. The molecule has 1 N–H and O–H groups in total. The highest BCUT2D eigenvalue weighted by molar-refractivity contribution is 7.99. The Bertz CT molecular complexity index is 1040. The number of carbonyl (C=O) groups is 1. The van der Waals surface area contributed by atoms with Gasteiger partial charge in [-0.3, -0.25) is 19.5 Å². The summed E-state index contributed by atoms with van der Waals surface area (Å²) in [5, 5.41) is 22.2. The minimum atomic E-state index is -0.580. The lowest BCUT2D eigenvalue weighted by molar-refractivity contribution is -0.384. The van der Waals surface area contributed by atoms with E-state index in [2.05, 4.69) is 15.5 Å². The minimum Gasteiger partial charge on any atom is -0.496 e. The Balaban J connectivity index is 1.72. The van der Waals surface area contributed by atoms with Crippen LogP contribution in [0.2, 0.25) is 0 Å². The lowest BCUT2D eigenvalue weighted by Gasteiger charge is -2.11. The summed E-state index contributed by atoms with van der Waals surface area (Å²) in [6.45, 7) is 0. The van der Waals surface area contributed by atoms with Crippen LogP contribution in [0.1, 0.15) is 0 Å². The molecule has 0 aliphatic rings. The number of nitro groups is 1. The third-order valence-corrected chi connectivity index (χ3v) is 4.81. The number of nitrogens with zero attached hydrogens (tertiary/aromatic N) is 4. The van der Waals surface area contributed by atoms with E-state index in [4.69, 9.17) is 9.47 Å². The molecular weight excluding hydrogens is 398 g/mol. The lowest BCUT2D eigenvalue weighted by Crippen LogP contribution is -2.15. The van der Waals surface area contributed by atoms with Crippen molar-refractivity contribution in [2.45, 2.75) is 5.16 Å². The van der Waals surface area contributed by atoms with E-state index in [9.17, 15) is 14.9 Å². The molecule has 0 atom stereocenters. The van der Waals surface area contributed by atoms with E-state index in [1.165, 1.54) is 31.6 Å². The Morgan fingerprint density at radius 3 is 2.76 bits per heavy atom. The van der Waals surface area contributed by atoms with Crippen LogP contribution in [0.15, 0.2) is 53.9 Å². The topological polar surface area (TPSA) is 121 Å². The van der Waals surface area contributed by atoms with Crippen LogP contribution in [0, 0.1) is 10.1 Å². The number of rotatable bonds is 8. The van der Waals surface area contributed by atoms with Gasteiger partial charge in [-0.1, -0.05) is 23.9 Å². The summed E-state index contributed by atoms with van der Waals surface area (Å²) in [6, 6.07) is 11.6. The fraction of sp³-hybridized carbons (Fsp3) is 0.167. The summed E-state index contributed by atoms with van der Waals surface area (Å²) in [5.41, 5.74) is 0.571. The number of methoxy groups -OCH3 is 2. The standard InChI is InChI=1S/C18H17N5O5S/c1-27-12-7-8-13(15(9-12)23(25)26)20-17(24)10-29-18-21-19-11-22(18)14-5-3-4-6-16(14)28-2/h3-9,11H,10H2,1-2H3,(H,20,24). The Morgan fingerprint density at radius 1 is 1.24 bits per heavy atom. The number of para-hydroxylation sites is 2. The van der Waals surface area contributed by atoms with E-state index >= 15 is 0 Å². The zero-order chi connectivity index (χ0) is 20.8. The van der Waals surface area contributed by atoms with Gasteiger partial charge in [-0.2, -0.15) is 0 Å². The van der Waals surface area contributed by atoms with Crippen LogP contribution in [-0.2, 0) is 4.79 Å². The number of hydrogen-bond donors (Lipinski definition) is 1. The molecule has 0 aliphatic carbocycles. The van der Waals surface area contributed by atoms with Crippen LogP contribution in [0.3, 0.4) is 0 Å². The van der Waals surface area contributed by atoms with E-state index in [0.717, 1.165) is 17.4 Å². The van der Waals surface area contributed by atoms with Crippen molar-refractivity contribution in [3.05, 3.63) is 58.9 Å². The van der Waals surface area contributed by atoms with E-state index in [1.54, 1.807) is 17.7 Å². The van der Waals surface area contributed by atoms with Crippen molar-refractivity contribution in [1.82, 2.24) is 14.8 Å². The van der Waals surface area contributed by atoms with Gasteiger partial charge in [0.2, 0.25) is 5.91 Å². The molecule has 0 spiro atoms. The van der Waals surface area contributed by atoms with E-state index < -0.39 is 10.8 Å². The van der Waals surface area contributed by atoms with Crippen LogP contribution in [-0.4, -0.2) is 45.6 Å². The number of aromatic nitrogens is 3. The zero-order valence-corrected chi connectivity index (χ0v) is 16.4. The summed E-state index contributed by atoms with van der Waals surface area (Å²) in [5.74, 6) is 0.524. The van der Waals surface area contributed by atoms with Crippen molar-refractivity contribution in [3.63, 3.8) is 0 Å². The van der Waals surface area contributed by atoms with Crippen LogP contribution in [0.5, 0.6) is 11.5 Å². The second-order valence-electron chi connectivity index (χ2n) is 5.63. The van der Waals surface area contributed by atoms with Crippen LogP contribution in [0.4, 0.5) is 11.4 Å². The van der Waals surface area contributed by atoms with Gasteiger partial charge < -0.3 is 14.8 Å². The van der Waals surface area contributed by atoms with Gasteiger partial charge in [0.15, 0.2) is 5.16 Å². The molecule has 0 unspecified atom stereocenters. The van der Waals surface area contributed by atoms with Gasteiger partial charge in [0.25, 0.3) is 5.69 Å². The number of amides is 1. The number of hydrogen-bond acceptors (Lipinski definition) is 8. The maximum Gasteiger partial charge on any atom is 0.296 e. The number of nitro benzene ring substituents is 1. The number of anilines is 1. The quantitative estimate of drug-likeness (QED) is 0.339. The minimum absolute atomic E-state index is 0.0168. The molecule has 29 heavy (non-hydrogen) atoms. The maximum atomic E-state index is 12.3. The van der Waals surface area contributed by atoms with Crippen LogP contribution >= 0.6 is 11.8 Å². The van der Waals surface area contributed by atoms with Gasteiger partial charge in [0, 0.05) is 0 Å². The normalized spacial score (nSPS) is 10.4. The Hall–Kier alpha value is -3.60. The van der Waals surface area contributed by atoms with Crippen molar-refractivity contribution in [1.29, 1.82) is 0 Å². The second kappa shape index (κ2) is 9.06. The fourth-order valence-electron chi connectivity index (χ4n) is 2.53. The molecule has 1 aromatic heterocycles. The van der Waals surface area contributed by atoms with Crippen molar-refractivity contribution >= 4 is 29.0 Å². The predicted octanol–water partition coefficient (Wildman–Crippen LogP) is 2.92. The summed E-state index contributed by atoms with van der Waals surface area (Å²) in [7, 11) is 2.97. The molecule has 0 saturated heterocycles. The predicted molar refractivity (Wildman–Crippen MR) is 107 cm³/mol. The Morgan fingerprint density at radius 2 is 2.03 bits per heavy atom. The third kappa shape index (κ3) is 4.63. The smallest absolute Gasteiger partial charge is 0.296 e. The van der Waals surface area contributed by atoms with Crippen molar-refractivity contribution in [2.75, 3.05) is 25.3 Å². The van der Waals surface area contributed by atoms with Gasteiger partial charge in [0.1, 0.15) is 23.5 Å². The number of carbonyl (C=O) groups excluding carboxylic acids is 1. The SMILES string of the molecule is COc1ccc(NC(=O)CSc2nncn2-c2ccccc2OC)c([N+](=O)[O-])c1. The first kappa shape index (κ1) is 20.1. The molecule has 0 fully saturated rings. The summed E-state index contributed by atoms with van der Waals surface area (Å²) >= 11 is 1.14. The van der Waals surface area contributed by atoms with Gasteiger partial charge in [-0.15, -0.1) is 10.2 Å². The number of thioether (sulfide) groups is 1. The third-order valence-electron chi connectivity index (χ3n) is 3.87. The van der Waals surface area contributed by atoms with Crippen molar-refractivity contribution in [2.24, 2.45) is 0 Å². The molecule has 0 aliphatic heterocycles. The number of ether oxygens (including phenoxy) is 2. The molecule has 150 valence electrons. The van der Waals surface area contributed by atoms with Gasteiger partial charge in [-0.25, -0.2) is 0 Å². The number of nitrogens with one attached hydrogen (secondary N) is 1. The molecule has 2 aromatic carbocycles. The molecule has 0 saturated carbocycles. The van der Waals surface area contributed by atoms with Gasteiger partial charge in [0.05, 0.1) is 36.6 Å². The monoisotopic (exact) mass is 415 g/mol. The fourth-order valence-corrected chi connectivity index (χ4v) is 3.25. The molecule has 1 amide bonds. The van der Waals surface area contributed by atoms with E-state index in [0.29, 0.717) is 16.7 Å². The molecule has 11 heteroatoms. The van der Waals surface area contributed by atoms with Gasteiger partial charge in [-0.05, 0) is 24.3 Å². The van der Waals surface area contributed by atoms with E-state index in [1.807, 2.05) is 18.2 Å². The van der Waals surface area contributed by atoms with Crippen molar-refractivity contribution in [3.8, 4) is 17.2 Å². The highest BCUT2D eigenvalue weighted by Gasteiger charge is 2.18. The zero-order valence-electron chi connectivity index (χ0n) is 15.6. The lowest BCUT2D eigenvalue weighted by atomic mass is 10.2. The first-order chi connectivity index (χ1) is 14.0. The second-order valence-corrected chi connectivity index (χ2v) is 6.57. The molecule has 3 aromatic rings. The number of benzene rings is 2. The first-order valence-electron chi connectivity index (χ1n) is 8.32. The molecule has 0 radical (unpaired) electrons. The highest BCUT2D eigenvalue weighted by atomic mass is 32.2. The summed E-state index contributed by atoms with van der Waals surface area (Å²) in [6.07, 6.45) is 1.52. The summed E-state index contributed by atoms with van der Waals surface area (Å²) in [4.78, 5) is 23.0. The first-order valence-corrected chi connectivity index (χ1v) is 9.30. The van der Waals surface area contributed by atoms with Crippen molar-refractivity contribution < 1.29 is 19.2 Å². The Labute approximate surface area is 170 Å². The highest BCUT2D eigenvalue weighted by Crippen LogP contribution is 2.30. The average molecular weight is 415 g/mol. The molecule has 0 bridgehead atoms. The maximum absolute atomic E-state index is 12.3. The van der Waals surface area contributed by atoms with E-state index in [-0.39, 0.29) is 17.1 Å². The molecular formula is C18H17N5O5S. The molecule has 1 heterocycles. The average Bonchev–Trinajstić information content (AvgIpc) is 3.20. The Kier molecular flexibility index (Phi) is 6.29.